The summed E-state index contributed by atoms with van der Waals surface area (Å²) in [5, 5.41) is 36.8. The first kappa shape index (κ1) is 34.3. The molecule has 0 saturated heterocycles. The fourth-order valence-corrected chi connectivity index (χ4v) is 8.91. The molecule has 0 radical (unpaired) electrons. The Morgan fingerprint density at radius 3 is 2.62 bits per heavy atom. The molecule has 3 aliphatic carbocycles. The number of aromatic hydroxyl groups is 1. The topological polar surface area (TPSA) is 124 Å². The van der Waals surface area contributed by atoms with Gasteiger partial charge in [0.25, 0.3) is 0 Å². The molecule has 0 amide bonds. The van der Waals surface area contributed by atoms with Crippen molar-refractivity contribution in [3.8, 4) is 23.3 Å². The van der Waals surface area contributed by atoms with E-state index >= 15 is 0 Å². The summed E-state index contributed by atoms with van der Waals surface area (Å²) in [5.74, 6) is 8.13. The fourth-order valence-electron chi connectivity index (χ4n) is 8.91. The highest BCUT2D eigenvalue weighted by atomic mass is 16.5. The normalized spacial score (nSPS) is 29.5. The fraction of sp³-hybridized carbons (Fsp3) is 0.561. The summed E-state index contributed by atoms with van der Waals surface area (Å²) in [6.07, 6.45) is 21.2. The molecule has 7 atom stereocenters. The Morgan fingerprint density at radius 2 is 1.85 bits per heavy atom. The van der Waals surface area contributed by atoms with Gasteiger partial charge in [0, 0.05) is 47.5 Å². The number of allylic oxidation sites excluding steroid dienone is 4. The maximum absolute atomic E-state index is 11.5. The SMILES string of the molecule is CCC1C#CC2C=CC(c3ccc(O)c(OCCC(C4=CCNC(N)=C4)C4(c5ccc[nH]5)CCCCC4)c3)CC(O)C2C(O)CCCC1. The van der Waals surface area contributed by atoms with Gasteiger partial charge in [-0.2, -0.15) is 0 Å². The van der Waals surface area contributed by atoms with Crippen molar-refractivity contribution in [1.82, 2.24) is 10.3 Å². The van der Waals surface area contributed by atoms with Crippen molar-refractivity contribution in [2.24, 2.45) is 29.4 Å². The summed E-state index contributed by atoms with van der Waals surface area (Å²) < 4.78 is 6.42. The number of dihydropyridines is 1. The number of H-pyrrole nitrogens is 1. The number of aliphatic hydroxyl groups is 2. The molecule has 7 N–H and O–H groups in total. The number of nitrogens with one attached hydrogen (secondary N) is 2. The molecule has 1 saturated carbocycles. The Balaban J connectivity index is 1.22. The lowest BCUT2D eigenvalue weighted by Crippen LogP contribution is -2.40. The van der Waals surface area contributed by atoms with Crippen molar-refractivity contribution in [1.29, 1.82) is 0 Å². The van der Waals surface area contributed by atoms with Gasteiger partial charge in [-0.25, -0.2) is 0 Å². The highest BCUT2D eigenvalue weighted by molar-refractivity contribution is 5.44. The van der Waals surface area contributed by atoms with Crippen molar-refractivity contribution >= 4 is 0 Å². The van der Waals surface area contributed by atoms with Gasteiger partial charge in [-0.05, 0) is 92.3 Å². The Bertz CT molecular complexity index is 1510. The number of fused-ring (bicyclic) bond motifs is 1. The van der Waals surface area contributed by atoms with E-state index in [1.54, 1.807) is 6.07 Å². The number of phenolic OH excluding ortho intramolecular Hbond substituents is 1. The van der Waals surface area contributed by atoms with Crippen LogP contribution < -0.4 is 15.8 Å². The van der Waals surface area contributed by atoms with Crippen molar-refractivity contribution < 1.29 is 20.1 Å². The quantitative estimate of drug-likeness (QED) is 0.129. The van der Waals surface area contributed by atoms with Gasteiger partial charge >= 0.3 is 0 Å². The molecule has 1 aliphatic heterocycles. The van der Waals surface area contributed by atoms with E-state index in [2.05, 4.69) is 65.5 Å². The van der Waals surface area contributed by atoms with Gasteiger partial charge in [0.1, 0.15) is 0 Å². The van der Waals surface area contributed by atoms with E-state index in [1.807, 2.05) is 18.3 Å². The summed E-state index contributed by atoms with van der Waals surface area (Å²) in [6, 6.07) is 9.87. The van der Waals surface area contributed by atoms with E-state index < -0.39 is 12.2 Å². The van der Waals surface area contributed by atoms with Crippen molar-refractivity contribution in [2.45, 2.75) is 108 Å². The van der Waals surface area contributed by atoms with Gasteiger partial charge in [0.05, 0.1) is 24.6 Å². The minimum Gasteiger partial charge on any atom is -0.504 e. The maximum atomic E-state index is 11.5. The minimum absolute atomic E-state index is 0.0343. The van der Waals surface area contributed by atoms with Crippen molar-refractivity contribution in [3.05, 3.63) is 83.5 Å². The third-order valence-electron chi connectivity index (χ3n) is 11.6. The molecule has 7 nitrogen and oxygen atoms in total. The predicted molar refractivity (Wildman–Crippen MR) is 191 cm³/mol. The monoisotopic (exact) mass is 653 g/mol. The molecule has 2 aromatic rings. The van der Waals surface area contributed by atoms with Crippen LogP contribution in [-0.4, -0.2) is 45.7 Å². The number of phenols is 1. The molecular weight excluding hydrogens is 598 g/mol. The molecule has 2 heterocycles. The lowest BCUT2D eigenvalue weighted by molar-refractivity contribution is -0.00705. The lowest BCUT2D eigenvalue weighted by Gasteiger charge is -2.44. The van der Waals surface area contributed by atoms with Gasteiger partial charge in [0.15, 0.2) is 11.5 Å². The Labute approximate surface area is 286 Å². The van der Waals surface area contributed by atoms with Crippen LogP contribution in [0.2, 0.25) is 0 Å². The molecule has 1 fully saturated rings. The van der Waals surface area contributed by atoms with Crippen LogP contribution in [0.25, 0.3) is 0 Å². The predicted octanol–water partition coefficient (Wildman–Crippen LogP) is 6.94. The van der Waals surface area contributed by atoms with Crippen LogP contribution in [0.1, 0.15) is 101 Å². The molecule has 0 spiro atoms. The second kappa shape index (κ2) is 15.7. The van der Waals surface area contributed by atoms with Crippen molar-refractivity contribution in [2.75, 3.05) is 13.2 Å². The van der Waals surface area contributed by atoms with Crippen LogP contribution in [-0.2, 0) is 5.41 Å². The number of aromatic amines is 1. The van der Waals surface area contributed by atoms with Gasteiger partial charge in [0.2, 0.25) is 0 Å². The van der Waals surface area contributed by atoms with E-state index in [9.17, 15) is 15.3 Å². The largest absolute Gasteiger partial charge is 0.504 e. The Hall–Kier alpha value is -3.60. The second-order valence-electron chi connectivity index (χ2n) is 14.5. The number of aliphatic hydroxyl groups excluding tert-OH is 2. The summed E-state index contributed by atoms with van der Waals surface area (Å²) in [6.45, 7) is 3.34. The lowest BCUT2D eigenvalue weighted by atomic mass is 9.60. The van der Waals surface area contributed by atoms with Crippen LogP contribution in [0, 0.1) is 35.5 Å². The average Bonchev–Trinajstić information content (AvgIpc) is 3.59. The molecule has 6 rings (SSSR count). The molecule has 1 aromatic carbocycles. The first-order chi connectivity index (χ1) is 23.4. The number of nitrogens with two attached hydrogens (primary N) is 1. The minimum atomic E-state index is -0.698. The van der Waals surface area contributed by atoms with Gasteiger partial charge in [-0.1, -0.05) is 75.2 Å². The number of rotatable bonds is 9. The summed E-state index contributed by atoms with van der Waals surface area (Å²) in [4.78, 5) is 3.56. The van der Waals surface area contributed by atoms with Gasteiger partial charge in [-0.15, -0.1) is 0 Å². The van der Waals surface area contributed by atoms with E-state index in [1.165, 1.54) is 30.5 Å². The first-order valence-electron chi connectivity index (χ1n) is 18.4. The van der Waals surface area contributed by atoms with E-state index in [-0.39, 0.29) is 34.8 Å². The zero-order chi connectivity index (χ0) is 33.5. The molecule has 7 unspecified atom stereocenters. The van der Waals surface area contributed by atoms with E-state index in [4.69, 9.17) is 10.5 Å². The Morgan fingerprint density at radius 1 is 1.02 bits per heavy atom. The zero-order valence-corrected chi connectivity index (χ0v) is 28.5. The third kappa shape index (κ3) is 7.66. The molecule has 1 aromatic heterocycles. The van der Waals surface area contributed by atoms with Crippen molar-refractivity contribution in [3.63, 3.8) is 0 Å². The summed E-state index contributed by atoms with van der Waals surface area (Å²) in [7, 11) is 0. The second-order valence-corrected chi connectivity index (χ2v) is 14.5. The highest BCUT2D eigenvalue weighted by Gasteiger charge is 2.43. The molecule has 258 valence electrons. The average molecular weight is 654 g/mol. The van der Waals surface area contributed by atoms with Crippen LogP contribution in [0.4, 0.5) is 0 Å². The number of aromatic nitrogens is 1. The first-order valence-corrected chi connectivity index (χ1v) is 18.4. The zero-order valence-electron chi connectivity index (χ0n) is 28.5. The Kier molecular flexibility index (Phi) is 11.2. The standard InChI is InChI=1S/C41H55N3O4/c1-2-28-9-4-5-10-35(46)40-29(13-12-28)14-15-30(25-36(40)47)31-16-17-34(45)37(26-31)48-24-19-33(32-18-23-44-39(42)27-32)41(20-6-3-7-21-41)38-11-8-22-43-38/h8,11,14-18,22,26-30,33,35-36,40,43-47H,2-7,9-10,19-21,23-25,42H2,1H3. The smallest absolute Gasteiger partial charge is 0.161 e. The summed E-state index contributed by atoms with van der Waals surface area (Å²) >= 11 is 0. The molecule has 4 aliphatic rings. The number of hydrogen-bond acceptors (Lipinski definition) is 6. The molecule has 7 heteroatoms. The summed E-state index contributed by atoms with van der Waals surface area (Å²) in [5.41, 5.74) is 9.74. The molecular formula is C41H55N3O4. The van der Waals surface area contributed by atoms with E-state index in [0.29, 0.717) is 43.5 Å². The van der Waals surface area contributed by atoms with Crippen LogP contribution in [0.3, 0.4) is 0 Å². The number of ether oxygens (including phenoxy) is 1. The van der Waals surface area contributed by atoms with Crippen LogP contribution >= 0.6 is 0 Å². The molecule has 48 heavy (non-hydrogen) atoms. The van der Waals surface area contributed by atoms with Gasteiger partial charge in [-0.3, -0.25) is 0 Å². The third-order valence-corrected chi connectivity index (χ3v) is 11.6. The maximum Gasteiger partial charge on any atom is 0.161 e. The number of hydrogen-bond donors (Lipinski definition) is 6. The van der Waals surface area contributed by atoms with Gasteiger partial charge < -0.3 is 36.1 Å². The number of benzene rings is 1. The van der Waals surface area contributed by atoms with Crippen LogP contribution in [0.15, 0.2) is 72.2 Å². The van der Waals surface area contributed by atoms with Crippen LogP contribution in [0.5, 0.6) is 11.5 Å². The molecule has 0 bridgehead atoms. The highest BCUT2D eigenvalue weighted by Crippen LogP contribution is 2.49. The van der Waals surface area contributed by atoms with E-state index in [0.717, 1.165) is 50.5 Å².